The first-order chi connectivity index (χ1) is 7.55. The van der Waals surface area contributed by atoms with Gasteiger partial charge in [0.25, 0.3) is 11.8 Å². The zero-order valence-corrected chi connectivity index (χ0v) is 9.15. The second-order valence-corrected chi connectivity index (χ2v) is 3.32. The Hall–Kier alpha value is -1.66. The van der Waals surface area contributed by atoms with Gasteiger partial charge in [0.2, 0.25) is 0 Å². The summed E-state index contributed by atoms with van der Waals surface area (Å²) >= 11 is 0. The number of methoxy groups -OCH3 is 1. The zero-order valence-electron chi connectivity index (χ0n) is 9.15. The lowest BCUT2D eigenvalue weighted by atomic mass is 9.88. The number of hydrogen-bond acceptors (Lipinski definition) is 4. The van der Waals surface area contributed by atoms with Crippen molar-refractivity contribution in [2.45, 2.75) is 12.0 Å². The van der Waals surface area contributed by atoms with Crippen LogP contribution in [0.5, 0.6) is 0 Å². The average Bonchev–Trinajstić information content (AvgIpc) is 2.29. The third-order valence-corrected chi connectivity index (χ3v) is 2.38. The number of ether oxygens (including phenoxy) is 1. The first-order valence-corrected chi connectivity index (χ1v) is 4.62. The molecule has 1 atom stereocenters. The molecule has 1 rings (SSSR count). The topological polar surface area (TPSA) is 90.7 Å². The molecule has 1 unspecified atom stereocenters. The van der Waals surface area contributed by atoms with Crippen molar-refractivity contribution >= 4 is 11.8 Å². The molecular formula is C10H14N2O4. The molecule has 0 heterocycles. The molecule has 6 heteroatoms. The highest BCUT2D eigenvalue weighted by molar-refractivity contribution is 5.96. The first kappa shape index (κ1) is 12.4. The van der Waals surface area contributed by atoms with Gasteiger partial charge in [-0.05, 0) is 6.08 Å². The van der Waals surface area contributed by atoms with Gasteiger partial charge in [-0.3, -0.25) is 14.4 Å². The average molecular weight is 226 g/mol. The predicted molar refractivity (Wildman–Crippen MR) is 55.9 cm³/mol. The summed E-state index contributed by atoms with van der Waals surface area (Å²) in [6.07, 6.45) is 4.75. The third kappa shape index (κ3) is 2.29. The number of primary amides is 1. The number of carbonyl (C=O) groups excluding carboxylic acids is 2. The molecule has 0 saturated carbocycles. The van der Waals surface area contributed by atoms with Crippen molar-refractivity contribution in [1.29, 1.82) is 0 Å². The second-order valence-electron chi connectivity index (χ2n) is 3.32. The maximum atomic E-state index is 11.5. The molecule has 1 aliphatic rings. The second kappa shape index (κ2) is 4.91. The minimum atomic E-state index is -1.25. The Labute approximate surface area is 93.0 Å². The van der Waals surface area contributed by atoms with Crippen LogP contribution in [0.25, 0.3) is 0 Å². The summed E-state index contributed by atoms with van der Waals surface area (Å²) in [7, 11) is 2.70. The van der Waals surface area contributed by atoms with Crippen molar-refractivity contribution in [2.75, 3.05) is 14.2 Å². The number of nitrogens with two attached hydrogens (primary N) is 1. The molecule has 0 aromatic rings. The minimum Gasteiger partial charge on any atom is -0.367 e. The normalized spacial score (nSPS) is 23.8. The van der Waals surface area contributed by atoms with E-state index in [0.717, 1.165) is 0 Å². The van der Waals surface area contributed by atoms with Gasteiger partial charge in [-0.15, -0.1) is 0 Å². The van der Waals surface area contributed by atoms with Crippen LogP contribution in [-0.4, -0.2) is 31.6 Å². The van der Waals surface area contributed by atoms with Gasteiger partial charge in [-0.1, -0.05) is 12.2 Å². The smallest absolute Gasteiger partial charge is 0.270 e. The molecule has 0 bridgehead atoms. The molecule has 16 heavy (non-hydrogen) atoms. The fourth-order valence-corrected chi connectivity index (χ4v) is 1.44. The lowest BCUT2D eigenvalue weighted by molar-refractivity contribution is -0.135. The minimum absolute atomic E-state index is 0.0878. The Morgan fingerprint density at radius 3 is 2.69 bits per heavy atom. The van der Waals surface area contributed by atoms with Crippen LogP contribution in [0.3, 0.4) is 0 Å². The molecule has 0 spiro atoms. The van der Waals surface area contributed by atoms with E-state index in [1.807, 2.05) is 0 Å². The van der Waals surface area contributed by atoms with Gasteiger partial charge in [-0.2, -0.15) is 0 Å². The molecule has 0 saturated heterocycles. The Morgan fingerprint density at radius 1 is 1.50 bits per heavy atom. The Kier molecular flexibility index (Phi) is 3.81. The number of amides is 2. The van der Waals surface area contributed by atoms with Crippen molar-refractivity contribution in [3.05, 3.63) is 23.8 Å². The van der Waals surface area contributed by atoms with Crippen molar-refractivity contribution in [3.8, 4) is 0 Å². The standard InChI is InChI=1S/C10H14N2O4/c1-15-10(9(11)14)5-3-4-7(6-10)8(13)12-16-2/h3-5H,6H2,1-2H3,(H2,11,14)(H,12,13). The van der Waals surface area contributed by atoms with E-state index in [-0.39, 0.29) is 6.42 Å². The highest BCUT2D eigenvalue weighted by Crippen LogP contribution is 2.26. The molecule has 0 radical (unpaired) electrons. The molecule has 3 N–H and O–H groups in total. The summed E-state index contributed by atoms with van der Waals surface area (Å²) in [5.41, 5.74) is 6.52. The van der Waals surface area contributed by atoms with E-state index in [1.165, 1.54) is 20.3 Å². The molecule has 2 amide bonds. The van der Waals surface area contributed by atoms with E-state index in [0.29, 0.717) is 5.57 Å². The van der Waals surface area contributed by atoms with Gasteiger partial charge >= 0.3 is 0 Å². The summed E-state index contributed by atoms with van der Waals surface area (Å²) in [4.78, 5) is 27.3. The van der Waals surface area contributed by atoms with Crippen LogP contribution in [0.1, 0.15) is 6.42 Å². The van der Waals surface area contributed by atoms with Crippen molar-refractivity contribution in [3.63, 3.8) is 0 Å². The summed E-state index contributed by atoms with van der Waals surface area (Å²) in [6.45, 7) is 0. The molecule has 6 nitrogen and oxygen atoms in total. The zero-order chi connectivity index (χ0) is 12.2. The maximum Gasteiger partial charge on any atom is 0.270 e. The van der Waals surface area contributed by atoms with Crippen LogP contribution in [-0.2, 0) is 19.2 Å². The van der Waals surface area contributed by atoms with Crippen molar-refractivity contribution in [1.82, 2.24) is 5.48 Å². The Balaban J connectivity index is 2.88. The monoisotopic (exact) mass is 226 g/mol. The van der Waals surface area contributed by atoms with E-state index in [4.69, 9.17) is 10.5 Å². The SMILES string of the molecule is CONC(=O)C1=CC=CC(OC)(C(N)=O)C1. The van der Waals surface area contributed by atoms with Crippen LogP contribution in [0, 0.1) is 0 Å². The highest BCUT2D eigenvalue weighted by atomic mass is 16.6. The summed E-state index contributed by atoms with van der Waals surface area (Å²) in [5, 5.41) is 0. The number of nitrogens with one attached hydrogen (secondary N) is 1. The molecule has 88 valence electrons. The molecule has 1 aliphatic carbocycles. The quantitative estimate of drug-likeness (QED) is 0.627. The van der Waals surface area contributed by atoms with Gasteiger partial charge in [0.1, 0.15) is 0 Å². The highest BCUT2D eigenvalue weighted by Gasteiger charge is 2.37. The number of carbonyl (C=O) groups is 2. The van der Waals surface area contributed by atoms with E-state index in [9.17, 15) is 9.59 Å². The number of hydroxylamine groups is 1. The van der Waals surface area contributed by atoms with Gasteiger partial charge < -0.3 is 10.5 Å². The van der Waals surface area contributed by atoms with E-state index in [1.54, 1.807) is 12.2 Å². The van der Waals surface area contributed by atoms with Gasteiger partial charge in [-0.25, -0.2) is 5.48 Å². The van der Waals surface area contributed by atoms with E-state index < -0.39 is 17.4 Å². The summed E-state index contributed by atoms with van der Waals surface area (Å²) in [6, 6.07) is 0. The number of rotatable bonds is 4. The van der Waals surface area contributed by atoms with Crippen LogP contribution in [0.2, 0.25) is 0 Å². The van der Waals surface area contributed by atoms with Gasteiger partial charge in [0.15, 0.2) is 5.60 Å². The summed E-state index contributed by atoms with van der Waals surface area (Å²) < 4.78 is 5.08. The Morgan fingerprint density at radius 2 is 2.19 bits per heavy atom. The van der Waals surface area contributed by atoms with Crippen molar-refractivity contribution < 1.29 is 19.2 Å². The van der Waals surface area contributed by atoms with Crippen LogP contribution >= 0.6 is 0 Å². The Bertz CT molecular complexity index is 362. The number of hydrogen-bond donors (Lipinski definition) is 2. The molecule has 0 aromatic heterocycles. The van der Waals surface area contributed by atoms with E-state index in [2.05, 4.69) is 10.3 Å². The largest absolute Gasteiger partial charge is 0.367 e. The maximum absolute atomic E-state index is 11.5. The van der Waals surface area contributed by atoms with E-state index >= 15 is 0 Å². The third-order valence-electron chi connectivity index (χ3n) is 2.38. The fraction of sp³-hybridized carbons (Fsp3) is 0.400. The lowest BCUT2D eigenvalue weighted by Gasteiger charge is -2.28. The predicted octanol–water partition coefficient (Wildman–Crippen LogP) is -0.579. The van der Waals surface area contributed by atoms with Crippen LogP contribution in [0.15, 0.2) is 23.8 Å². The molecule has 0 aromatic carbocycles. The van der Waals surface area contributed by atoms with Crippen molar-refractivity contribution in [2.24, 2.45) is 5.73 Å². The first-order valence-electron chi connectivity index (χ1n) is 4.62. The molecule has 0 fully saturated rings. The summed E-state index contributed by atoms with van der Waals surface area (Å²) in [5.74, 6) is -1.06. The number of allylic oxidation sites excluding steroid dienone is 2. The van der Waals surface area contributed by atoms with Crippen LogP contribution < -0.4 is 11.2 Å². The molecular weight excluding hydrogens is 212 g/mol. The van der Waals surface area contributed by atoms with Crippen LogP contribution in [0.4, 0.5) is 0 Å². The molecule has 0 aliphatic heterocycles. The van der Waals surface area contributed by atoms with Gasteiger partial charge in [0, 0.05) is 19.1 Å². The lowest BCUT2D eigenvalue weighted by Crippen LogP contribution is -2.46. The fourth-order valence-electron chi connectivity index (χ4n) is 1.44. The van der Waals surface area contributed by atoms with Gasteiger partial charge in [0.05, 0.1) is 7.11 Å².